The fourth-order valence-electron chi connectivity index (χ4n) is 4.67. The van der Waals surface area contributed by atoms with Gasteiger partial charge < -0.3 is 19.4 Å². The molecule has 5 nitrogen and oxygen atoms in total. The molecule has 0 aliphatic heterocycles. The summed E-state index contributed by atoms with van der Waals surface area (Å²) in [6.07, 6.45) is 3.34. The van der Waals surface area contributed by atoms with Crippen LogP contribution in [0.3, 0.4) is 0 Å². The number of para-hydroxylation sites is 1. The molecule has 1 aromatic heterocycles. The Balaban J connectivity index is 1.77. The van der Waals surface area contributed by atoms with E-state index in [1.807, 2.05) is 30.3 Å². The number of aromatic nitrogens is 1. The van der Waals surface area contributed by atoms with Crippen molar-refractivity contribution in [3.05, 3.63) is 95.4 Å². The van der Waals surface area contributed by atoms with Gasteiger partial charge in [0, 0.05) is 48.6 Å². The number of nitrogens with zero attached hydrogens (tertiary/aromatic N) is 1. The summed E-state index contributed by atoms with van der Waals surface area (Å²) in [5.41, 5.74) is 4.05. The van der Waals surface area contributed by atoms with Gasteiger partial charge in [-0.25, -0.2) is 4.39 Å². The van der Waals surface area contributed by atoms with E-state index in [0.717, 1.165) is 34.0 Å². The van der Waals surface area contributed by atoms with Gasteiger partial charge in [-0.2, -0.15) is 0 Å². The summed E-state index contributed by atoms with van der Waals surface area (Å²) in [5.74, 6) is 1.40. The van der Waals surface area contributed by atoms with Crippen molar-refractivity contribution in [3.8, 4) is 11.5 Å². The number of benzene rings is 3. The van der Waals surface area contributed by atoms with Crippen molar-refractivity contribution in [2.45, 2.75) is 39.2 Å². The molecule has 0 aliphatic carbocycles. The molecule has 4 rings (SSSR count). The normalized spacial score (nSPS) is 12.1. The minimum absolute atomic E-state index is 0.00259. The Bertz CT molecular complexity index is 1320. The van der Waals surface area contributed by atoms with Crippen molar-refractivity contribution in [2.75, 3.05) is 20.8 Å². The number of carbonyl (C=O) groups is 1. The van der Waals surface area contributed by atoms with Crippen LogP contribution in [0.25, 0.3) is 10.9 Å². The Morgan fingerprint density at radius 1 is 0.973 bits per heavy atom. The van der Waals surface area contributed by atoms with Crippen LogP contribution in [0.4, 0.5) is 4.39 Å². The van der Waals surface area contributed by atoms with E-state index in [0.29, 0.717) is 36.9 Å². The molecular formula is C31H35FN2O3. The minimum atomic E-state index is -0.252. The third kappa shape index (κ3) is 6.50. The number of amides is 1. The number of rotatable bonds is 11. The highest BCUT2D eigenvalue weighted by Gasteiger charge is 2.24. The van der Waals surface area contributed by atoms with Crippen molar-refractivity contribution in [2.24, 2.45) is 5.92 Å². The maximum atomic E-state index is 13.5. The topological polar surface area (TPSA) is 52.5 Å². The Kier molecular flexibility index (Phi) is 8.49. The molecule has 3 aromatic carbocycles. The van der Waals surface area contributed by atoms with Gasteiger partial charge in [0.2, 0.25) is 5.91 Å². The van der Waals surface area contributed by atoms with Gasteiger partial charge in [0.05, 0.1) is 14.2 Å². The summed E-state index contributed by atoms with van der Waals surface area (Å²) in [5, 5.41) is 4.17. The number of carbonyl (C=O) groups excluding carboxylic acids is 1. The number of methoxy groups -OCH3 is 2. The van der Waals surface area contributed by atoms with Gasteiger partial charge in [0.15, 0.2) is 0 Å². The third-order valence-electron chi connectivity index (χ3n) is 6.67. The molecule has 0 radical (unpaired) electrons. The number of nitrogens with one attached hydrogen (secondary N) is 1. The molecule has 0 saturated carbocycles. The molecule has 6 heteroatoms. The highest BCUT2D eigenvalue weighted by Crippen LogP contribution is 2.38. The molecule has 4 aromatic rings. The summed E-state index contributed by atoms with van der Waals surface area (Å²) >= 11 is 0. The fourth-order valence-corrected chi connectivity index (χ4v) is 4.67. The molecular weight excluding hydrogens is 467 g/mol. The Morgan fingerprint density at radius 2 is 1.65 bits per heavy atom. The molecule has 1 heterocycles. The lowest BCUT2D eigenvalue weighted by Gasteiger charge is -2.19. The first-order valence-corrected chi connectivity index (χ1v) is 12.7. The van der Waals surface area contributed by atoms with Crippen molar-refractivity contribution >= 4 is 16.8 Å². The quantitative estimate of drug-likeness (QED) is 0.254. The summed E-state index contributed by atoms with van der Waals surface area (Å²) in [4.78, 5) is 13.1. The highest BCUT2D eigenvalue weighted by molar-refractivity contribution is 5.87. The predicted octanol–water partition coefficient (Wildman–Crippen LogP) is 6.53. The molecule has 0 fully saturated rings. The molecule has 0 unspecified atom stereocenters. The van der Waals surface area contributed by atoms with Crippen LogP contribution in [0.5, 0.6) is 11.5 Å². The highest BCUT2D eigenvalue weighted by atomic mass is 19.1. The van der Waals surface area contributed by atoms with Crippen LogP contribution in [0, 0.1) is 11.7 Å². The summed E-state index contributed by atoms with van der Waals surface area (Å²) in [6.45, 7) is 5.54. The largest absolute Gasteiger partial charge is 0.497 e. The molecule has 0 saturated heterocycles. The van der Waals surface area contributed by atoms with Crippen molar-refractivity contribution < 1.29 is 18.7 Å². The van der Waals surface area contributed by atoms with Crippen LogP contribution < -0.4 is 14.8 Å². The van der Waals surface area contributed by atoms with Crippen molar-refractivity contribution in [1.29, 1.82) is 0 Å². The number of hydrogen-bond acceptors (Lipinski definition) is 3. The molecule has 1 atom stereocenters. The van der Waals surface area contributed by atoms with Gasteiger partial charge in [-0.05, 0) is 59.4 Å². The zero-order valence-electron chi connectivity index (χ0n) is 22.0. The summed E-state index contributed by atoms with van der Waals surface area (Å²) < 4.78 is 26.7. The van der Waals surface area contributed by atoms with E-state index >= 15 is 0 Å². The minimum Gasteiger partial charge on any atom is -0.497 e. The number of halogens is 1. The Morgan fingerprint density at radius 3 is 2.30 bits per heavy atom. The molecule has 1 amide bonds. The van der Waals surface area contributed by atoms with Crippen LogP contribution >= 0.6 is 0 Å². The predicted molar refractivity (Wildman–Crippen MR) is 146 cm³/mol. The maximum Gasteiger partial charge on any atom is 0.220 e. The second-order valence-corrected chi connectivity index (χ2v) is 9.79. The zero-order chi connectivity index (χ0) is 26.4. The number of fused-ring (bicyclic) bond motifs is 1. The maximum absolute atomic E-state index is 13.5. The van der Waals surface area contributed by atoms with E-state index in [1.165, 1.54) is 12.1 Å². The average molecular weight is 503 g/mol. The third-order valence-corrected chi connectivity index (χ3v) is 6.67. The molecule has 1 N–H and O–H groups in total. The van der Waals surface area contributed by atoms with Gasteiger partial charge in [-0.15, -0.1) is 0 Å². The van der Waals surface area contributed by atoms with Crippen LogP contribution in [0.1, 0.15) is 49.3 Å². The van der Waals surface area contributed by atoms with Crippen LogP contribution in [0.2, 0.25) is 0 Å². The smallest absolute Gasteiger partial charge is 0.220 e. The zero-order valence-corrected chi connectivity index (χ0v) is 22.0. The van der Waals surface area contributed by atoms with E-state index in [4.69, 9.17) is 9.47 Å². The Labute approximate surface area is 218 Å². The van der Waals surface area contributed by atoms with E-state index in [2.05, 4.69) is 42.1 Å². The van der Waals surface area contributed by atoms with E-state index < -0.39 is 0 Å². The molecule has 194 valence electrons. The molecule has 0 bridgehead atoms. The SMILES string of the molecule is COc1cc(OC)cc([C@H](CC(=O)NCCC(C)C)c2cn(Cc3ccc(F)cc3)c3ccccc23)c1. The summed E-state index contributed by atoms with van der Waals surface area (Å²) in [6, 6.07) is 20.5. The van der Waals surface area contributed by atoms with Crippen LogP contribution in [-0.4, -0.2) is 31.2 Å². The Hall–Kier alpha value is -3.80. The lowest BCUT2D eigenvalue weighted by atomic mass is 9.87. The monoisotopic (exact) mass is 502 g/mol. The van der Waals surface area contributed by atoms with E-state index in [-0.39, 0.29) is 17.6 Å². The van der Waals surface area contributed by atoms with Gasteiger partial charge in [0.25, 0.3) is 0 Å². The lowest BCUT2D eigenvalue weighted by Crippen LogP contribution is -2.27. The van der Waals surface area contributed by atoms with Crippen molar-refractivity contribution in [3.63, 3.8) is 0 Å². The van der Waals surface area contributed by atoms with Gasteiger partial charge in [-0.1, -0.05) is 44.2 Å². The molecule has 0 spiro atoms. The van der Waals surface area contributed by atoms with Crippen LogP contribution in [0.15, 0.2) is 72.9 Å². The molecule has 37 heavy (non-hydrogen) atoms. The van der Waals surface area contributed by atoms with Crippen molar-refractivity contribution in [1.82, 2.24) is 9.88 Å². The summed E-state index contributed by atoms with van der Waals surface area (Å²) in [7, 11) is 3.25. The van der Waals surface area contributed by atoms with Gasteiger partial charge in [0.1, 0.15) is 17.3 Å². The first-order valence-electron chi connectivity index (χ1n) is 12.7. The second kappa shape index (κ2) is 12.0. The second-order valence-electron chi connectivity index (χ2n) is 9.79. The van der Waals surface area contributed by atoms with E-state index in [1.54, 1.807) is 26.4 Å². The average Bonchev–Trinajstić information content (AvgIpc) is 3.26. The van der Waals surface area contributed by atoms with Gasteiger partial charge in [-0.3, -0.25) is 4.79 Å². The van der Waals surface area contributed by atoms with Crippen LogP contribution in [-0.2, 0) is 11.3 Å². The van der Waals surface area contributed by atoms with Gasteiger partial charge >= 0.3 is 0 Å². The number of hydrogen-bond donors (Lipinski definition) is 1. The first-order chi connectivity index (χ1) is 17.9. The number of ether oxygens (including phenoxy) is 2. The fraction of sp³-hybridized carbons (Fsp3) is 0.323. The first kappa shape index (κ1) is 26.3. The standard InChI is InChI=1S/C31H35FN2O3/c1-21(2)13-14-33-31(35)18-28(23-15-25(36-3)17-26(16-23)37-4)29-20-34(30-8-6-5-7-27(29)30)19-22-9-11-24(32)12-10-22/h5-12,15-17,20-21,28H,13-14,18-19H2,1-4H3,(H,33,35)/t28-/m0/s1. The van der Waals surface area contributed by atoms with E-state index in [9.17, 15) is 9.18 Å². The lowest BCUT2D eigenvalue weighted by molar-refractivity contribution is -0.121. The molecule has 0 aliphatic rings.